The molecule has 2 aliphatic heterocycles. The summed E-state index contributed by atoms with van der Waals surface area (Å²) in [6.07, 6.45) is 16.8. The maximum atomic E-state index is 15.0. The lowest BCUT2D eigenvalue weighted by Crippen LogP contribution is -2.56. The van der Waals surface area contributed by atoms with Crippen molar-refractivity contribution < 1.29 is 52.9 Å². The number of aliphatic carboxylic acids is 1. The van der Waals surface area contributed by atoms with Gasteiger partial charge in [-0.15, -0.1) is 12.4 Å². The number of carboxylic acid groups (broad SMARTS) is 1. The number of nitrogens with zero attached hydrogens (tertiary/aromatic N) is 5. The van der Waals surface area contributed by atoms with Crippen molar-refractivity contribution in [1.82, 2.24) is 40.4 Å². The molecule has 560 valence electrons. The number of aromatic amines is 2. The number of H-pyrrole nitrogens is 2. The van der Waals surface area contributed by atoms with Gasteiger partial charge in [0.2, 0.25) is 0 Å². The fourth-order valence-corrected chi connectivity index (χ4v) is 21.9. The van der Waals surface area contributed by atoms with Crippen molar-refractivity contribution >= 4 is 69.2 Å². The molecule has 14 atom stereocenters. The Balaban J connectivity index is 0.000000155. The van der Waals surface area contributed by atoms with Gasteiger partial charge in [0.25, 0.3) is 28.8 Å². The van der Waals surface area contributed by atoms with Crippen LogP contribution in [0.15, 0.2) is 94.5 Å². The zero-order valence-electron chi connectivity index (χ0n) is 61.0. The molecular weight excluding hydrogens is 1370 g/mol. The molecule has 10 fully saturated rings. The third-order valence-electron chi connectivity index (χ3n) is 28.1. The molecule has 4 aromatic carbocycles. The van der Waals surface area contributed by atoms with Crippen LogP contribution < -0.4 is 16.4 Å². The summed E-state index contributed by atoms with van der Waals surface area (Å²) in [5.41, 5.74) is -0.449. The third kappa shape index (κ3) is 13.9. The Morgan fingerprint density at radius 2 is 0.915 bits per heavy atom. The van der Waals surface area contributed by atoms with E-state index in [1.807, 2.05) is 24.3 Å². The molecule has 3 amide bonds. The molecule has 16 rings (SSSR count). The van der Waals surface area contributed by atoms with E-state index in [1.54, 1.807) is 57.2 Å². The molecule has 0 spiro atoms. The number of carbonyl (C=O) groups excluding carboxylic acids is 5. The van der Waals surface area contributed by atoms with E-state index in [0.717, 1.165) is 107 Å². The largest absolute Gasteiger partial charge is 0.472 e. The third-order valence-corrected chi connectivity index (χ3v) is 28.1. The van der Waals surface area contributed by atoms with E-state index >= 15 is 4.39 Å². The van der Waals surface area contributed by atoms with Crippen molar-refractivity contribution in [3.8, 4) is 23.7 Å². The van der Waals surface area contributed by atoms with Crippen LogP contribution in [0.3, 0.4) is 0 Å². The highest BCUT2D eigenvalue weighted by Gasteiger charge is 2.66. The molecule has 10 aliphatic rings. The number of fused-ring (bicyclic) bond motifs is 12. The summed E-state index contributed by atoms with van der Waals surface area (Å²) in [6.45, 7) is 12.7. The fraction of sp³-hybridized carbons (Fsp3) is 0.548. The van der Waals surface area contributed by atoms with Crippen LogP contribution in [0.4, 0.5) is 8.78 Å². The van der Waals surface area contributed by atoms with Crippen LogP contribution >= 0.6 is 12.4 Å². The molecule has 6 N–H and O–H groups in total. The average Bonchev–Trinajstić information content (AvgIpc) is 1.47. The monoisotopic (exact) mass is 1470 g/mol. The first-order valence-corrected chi connectivity index (χ1v) is 38.1. The minimum absolute atomic E-state index is 0. The first-order chi connectivity index (χ1) is 50.2. The molecule has 0 unspecified atom stereocenters. The van der Waals surface area contributed by atoms with Gasteiger partial charge in [-0.1, -0.05) is 88.1 Å². The Morgan fingerprint density at radius 1 is 0.509 bits per heavy atom. The molecule has 19 nitrogen and oxygen atoms in total. The van der Waals surface area contributed by atoms with Crippen LogP contribution in [0.25, 0.3) is 21.5 Å². The van der Waals surface area contributed by atoms with Crippen molar-refractivity contribution in [1.29, 1.82) is 0 Å². The summed E-state index contributed by atoms with van der Waals surface area (Å²) in [5, 5.41) is 51.3. The second-order valence-corrected chi connectivity index (χ2v) is 33.0. The summed E-state index contributed by atoms with van der Waals surface area (Å²) in [6, 6.07) is 23.3. The van der Waals surface area contributed by atoms with Gasteiger partial charge in [-0.2, -0.15) is 10.2 Å². The van der Waals surface area contributed by atoms with Gasteiger partial charge in [-0.05, 0) is 202 Å². The number of carboxylic acids is 1. The zero-order valence-corrected chi connectivity index (χ0v) is 61.8. The van der Waals surface area contributed by atoms with Gasteiger partial charge < -0.3 is 35.3 Å². The molecule has 4 heterocycles. The maximum Gasteiger partial charge on any atom is 0.382 e. The number of nitrogens with one attached hydrogen (secondary N) is 3. The quantitative estimate of drug-likeness (QED) is 0.0847. The number of carbonyl (C=O) groups is 6. The van der Waals surface area contributed by atoms with Crippen LogP contribution in [0, 0.1) is 104 Å². The van der Waals surface area contributed by atoms with Crippen molar-refractivity contribution in [2.45, 2.75) is 167 Å². The molecule has 22 heteroatoms. The van der Waals surface area contributed by atoms with Gasteiger partial charge in [0, 0.05) is 118 Å². The lowest BCUT2D eigenvalue weighted by molar-refractivity contribution is -0.147. The minimum Gasteiger partial charge on any atom is -0.472 e. The summed E-state index contributed by atoms with van der Waals surface area (Å²) in [4.78, 5) is 104. The van der Waals surface area contributed by atoms with Crippen LogP contribution in [-0.4, -0.2) is 149 Å². The number of benzene rings is 4. The first kappa shape index (κ1) is 75.8. The van der Waals surface area contributed by atoms with Crippen LogP contribution in [0.1, 0.15) is 187 Å². The van der Waals surface area contributed by atoms with E-state index in [9.17, 15) is 53.0 Å². The smallest absolute Gasteiger partial charge is 0.382 e. The lowest BCUT2D eigenvalue weighted by Gasteiger charge is -2.60. The van der Waals surface area contributed by atoms with Crippen LogP contribution in [0.5, 0.6) is 0 Å². The summed E-state index contributed by atoms with van der Waals surface area (Å²) < 4.78 is 29.3. The molecule has 0 radical (unpaired) electrons. The maximum absolute atomic E-state index is 15.0. The molecule has 6 aromatic rings. The number of aromatic nitrogens is 4. The summed E-state index contributed by atoms with van der Waals surface area (Å²) in [7, 11) is 0. The number of piperazine rings is 2. The number of hydrogen-bond acceptors (Lipinski definition) is 13. The van der Waals surface area contributed by atoms with Crippen molar-refractivity contribution in [3.05, 3.63) is 151 Å². The van der Waals surface area contributed by atoms with Gasteiger partial charge in [0.05, 0.1) is 33.3 Å². The Bertz CT molecular complexity index is 4720. The van der Waals surface area contributed by atoms with E-state index in [0.29, 0.717) is 150 Å². The molecule has 2 saturated heterocycles. The number of ketones is 2. The molecule has 8 aliphatic carbocycles. The molecule has 8 saturated carbocycles. The molecule has 0 bridgehead atoms. The number of aliphatic hydroxyl groups is 2. The Labute approximate surface area is 622 Å². The second kappa shape index (κ2) is 29.9. The first-order valence-electron chi connectivity index (χ1n) is 38.1. The normalized spacial score (nSPS) is 32.0. The van der Waals surface area contributed by atoms with Gasteiger partial charge in [-0.3, -0.25) is 33.6 Å². The Hall–Kier alpha value is -8.47. The van der Waals surface area contributed by atoms with E-state index in [2.05, 4.69) is 77.1 Å². The molecular formula is C84H97ClF2N8O11. The number of amides is 3. The molecule has 2 aromatic heterocycles. The average molecular weight is 1470 g/mol. The highest BCUT2D eigenvalue weighted by Crippen LogP contribution is 2.70. The van der Waals surface area contributed by atoms with Gasteiger partial charge >= 0.3 is 5.97 Å². The zero-order chi connectivity index (χ0) is 74.0. The van der Waals surface area contributed by atoms with E-state index in [-0.39, 0.29) is 94.3 Å². The van der Waals surface area contributed by atoms with Crippen molar-refractivity contribution in [2.24, 2.45) is 69.0 Å². The summed E-state index contributed by atoms with van der Waals surface area (Å²) in [5.74, 6) is 12.3. The number of rotatable bonds is 6. The van der Waals surface area contributed by atoms with Gasteiger partial charge in [0.15, 0.2) is 0 Å². The van der Waals surface area contributed by atoms with E-state index in [4.69, 9.17) is 5.11 Å². The number of halogens is 3. The Morgan fingerprint density at radius 3 is 1.36 bits per heavy atom. The second-order valence-electron chi connectivity index (χ2n) is 33.0. The van der Waals surface area contributed by atoms with Crippen LogP contribution in [-0.2, 0) is 32.0 Å². The highest BCUT2D eigenvalue weighted by atomic mass is 35.5. The number of hydrogen-bond donors (Lipinski definition) is 6. The molecule has 106 heavy (non-hydrogen) atoms. The minimum atomic E-state index is -1.24. The SMILES string of the molecule is C[C@]12CCC(=O)C[C@@H]1CC[C@@H]1[C@@H]2CC[C@@]2(C)[C@H]1CC[C@@]2(O)C#CC(=O)N1CCN(C(=O)c2cc(Cc3n[nH]c(=O)c4ccccc34)ccc2F)CC1.C[C@]12CCC(=O)C[C@@H]1CC[C@@H]1[C@@H]2CC[C@@]2(C)[C@H]1CC[C@@]2(O)C#CC(=O)O.Cl.O=C(c1cc(Cc2n[nH]c(=O)c3ccccc23)ccc1F)N1CCNCC1. The predicted octanol–water partition coefficient (Wildman–Crippen LogP) is 10.8. The standard InChI is InChI=1S/C42H47FN4O5.C22H30O4.C20H19FN4O2.ClH/c1-40-15-11-28(48)25-27(40)8-9-31-33(40)12-16-41(2)34(31)13-17-42(41,52)18-14-37(49)46-19-21-47(22-20-46)39(51)32-23-26(7-10-35(32)43)24-36-29-5-3-4-6-30(29)38(50)45-44-36;1-20-9-5-15(23)13-14(20)3-4-16-17(20)6-10-21(2)18(16)7-11-22(21,26)12-8-19(24)25;21-17-6-5-13(11-16(17)20(27)25-9-7-22-8-10-25)12-18-14-3-1-2-4-15(14)19(26)24-23-18;/h3-7,10,23,27,31,33-34,52H,8-9,11-13,15-17,19-22,24-25H2,1-2H3,(H,45,50);14,16-18,26H,3-7,9-11,13H2,1-2H3,(H,24,25);1-6,11,22H,7-10,12H2,(H,24,26);1H/t27-,31+,33-,34-,40-,41-,42+;14-,16+,17-,18-,20-,21-,22+;;/m00../s1. The summed E-state index contributed by atoms with van der Waals surface area (Å²) >= 11 is 0. The van der Waals surface area contributed by atoms with E-state index in [1.165, 1.54) is 18.2 Å². The van der Waals surface area contributed by atoms with Crippen LogP contribution in [0.2, 0.25) is 0 Å². The van der Waals surface area contributed by atoms with Gasteiger partial charge in [-0.25, -0.2) is 23.8 Å². The van der Waals surface area contributed by atoms with Crippen molar-refractivity contribution in [3.63, 3.8) is 0 Å². The highest BCUT2D eigenvalue weighted by molar-refractivity contribution is 5.97. The Kier molecular flexibility index (Phi) is 21.4. The van der Waals surface area contributed by atoms with Gasteiger partial charge in [0.1, 0.15) is 34.4 Å². The fourth-order valence-electron chi connectivity index (χ4n) is 21.9. The topological polar surface area (TPSA) is 276 Å². The van der Waals surface area contributed by atoms with Crippen molar-refractivity contribution in [2.75, 3.05) is 52.4 Å². The lowest BCUT2D eigenvalue weighted by atomic mass is 9.44. The predicted molar refractivity (Wildman–Crippen MR) is 398 cm³/mol. The van der Waals surface area contributed by atoms with E-state index < -0.39 is 34.7 Å². The number of Topliss-reactive ketones (excluding diaryl/α,β-unsaturated/α-hetero) is 2.